The summed E-state index contributed by atoms with van der Waals surface area (Å²) in [6, 6.07) is 3.23. The first-order valence-corrected chi connectivity index (χ1v) is 6.74. The minimum absolute atomic E-state index is 0.0619. The highest BCUT2D eigenvalue weighted by atomic mass is 19.4. The van der Waals surface area contributed by atoms with Gasteiger partial charge in [-0.1, -0.05) is 5.92 Å². The summed E-state index contributed by atoms with van der Waals surface area (Å²) in [4.78, 5) is 0. The van der Waals surface area contributed by atoms with Crippen molar-refractivity contribution in [1.82, 2.24) is 0 Å². The number of terminal acetylenes is 1. The quantitative estimate of drug-likeness (QED) is 0.342. The molecule has 126 valence electrons. The molecule has 0 amide bonds. The fourth-order valence-electron chi connectivity index (χ4n) is 2.35. The van der Waals surface area contributed by atoms with Crippen molar-refractivity contribution >= 4 is 11.6 Å². The number of ether oxygens (including phenoxy) is 1. The number of hydrogen-bond acceptors (Lipinski definition) is 4. The van der Waals surface area contributed by atoms with E-state index in [1.165, 1.54) is 6.07 Å². The van der Waals surface area contributed by atoms with Crippen LogP contribution < -0.4 is 4.74 Å². The highest BCUT2D eigenvalue weighted by molar-refractivity contribution is 6.10. The van der Waals surface area contributed by atoms with E-state index in [-0.39, 0.29) is 29.7 Å². The Morgan fingerprint density at radius 2 is 1.96 bits per heavy atom. The Morgan fingerprint density at radius 1 is 1.29 bits per heavy atom. The van der Waals surface area contributed by atoms with Crippen molar-refractivity contribution in [2.75, 3.05) is 0 Å². The van der Waals surface area contributed by atoms with Crippen molar-refractivity contribution < 1.29 is 27.4 Å². The molecule has 1 aromatic rings. The van der Waals surface area contributed by atoms with Crippen LogP contribution in [0.5, 0.6) is 5.75 Å². The molecule has 1 aliphatic rings. The van der Waals surface area contributed by atoms with Crippen molar-refractivity contribution in [3.8, 4) is 18.1 Å². The van der Waals surface area contributed by atoms with Crippen LogP contribution in [0.3, 0.4) is 0 Å². The molecule has 0 fully saturated rings. The van der Waals surface area contributed by atoms with Gasteiger partial charge in [-0.15, -0.1) is 6.42 Å². The molecule has 24 heavy (non-hydrogen) atoms. The van der Waals surface area contributed by atoms with Gasteiger partial charge in [0.05, 0.1) is 6.10 Å². The highest BCUT2D eigenvalue weighted by Gasteiger charge is 2.43. The van der Waals surface area contributed by atoms with E-state index >= 15 is 0 Å². The number of halogens is 4. The molecule has 3 N–H and O–H groups in total. The molecule has 1 aliphatic carbocycles. The zero-order valence-electron chi connectivity index (χ0n) is 12.2. The predicted octanol–water partition coefficient (Wildman–Crippen LogP) is 3.20. The lowest BCUT2D eigenvalue weighted by Gasteiger charge is -2.15. The molecule has 1 unspecified atom stereocenters. The van der Waals surface area contributed by atoms with Gasteiger partial charge < -0.3 is 9.84 Å². The predicted molar refractivity (Wildman–Crippen MR) is 78.7 cm³/mol. The molecular weight excluding hydrogens is 328 g/mol. The van der Waals surface area contributed by atoms with E-state index in [0.717, 1.165) is 12.1 Å². The van der Waals surface area contributed by atoms with Gasteiger partial charge >= 0.3 is 6.18 Å². The largest absolute Gasteiger partial charge is 0.439 e. The summed E-state index contributed by atoms with van der Waals surface area (Å²) < 4.78 is 56.7. The van der Waals surface area contributed by atoms with Crippen LogP contribution in [0.1, 0.15) is 18.4 Å². The fourth-order valence-corrected chi connectivity index (χ4v) is 2.35. The van der Waals surface area contributed by atoms with Crippen LogP contribution in [-0.2, 0) is 0 Å². The molecule has 0 heterocycles. The Kier molecular flexibility index (Phi) is 4.76. The normalized spacial score (nSPS) is 17.6. The number of nitrogens with one attached hydrogen (secondary N) is 2. The Balaban J connectivity index is 2.34. The van der Waals surface area contributed by atoms with Gasteiger partial charge in [0.1, 0.15) is 17.3 Å². The minimum atomic E-state index is -4.96. The van der Waals surface area contributed by atoms with Crippen LogP contribution in [0.4, 0.5) is 17.6 Å². The van der Waals surface area contributed by atoms with Crippen LogP contribution in [0.2, 0.25) is 0 Å². The Bertz CT molecular complexity index is 775. The molecule has 8 heteroatoms. The third-order valence-electron chi connectivity index (χ3n) is 3.41. The second-order valence-electron chi connectivity index (χ2n) is 5.07. The van der Waals surface area contributed by atoms with Gasteiger partial charge in [-0.25, -0.2) is 4.39 Å². The number of hydrogen-bond donors (Lipinski definition) is 3. The third-order valence-corrected chi connectivity index (χ3v) is 3.41. The molecule has 0 bridgehead atoms. The molecule has 0 spiro atoms. The summed E-state index contributed by atoms with van der Waals surface area (Å²) >= 11 is 0. The molecule has 1 atom stereocenters. The SMILES string of the molecule is C#Cc1cc(F)cc(OC(=N)C2=C(C(=N)C(F)(F)F)C(O)CC2)c1. The summed E-state index contributed by atoms with van der Waals surface area (Å²) in [5, 5.41) is 24.7. The molecule has 4 nitrogen and oxygen atoms in total. The second-order valence-corrected chi connectivity index (χ2v) is 5.07. The Morgan fingerprint density at radius 3 is 2.54 bits per heavy atom. The van der Waals surface area contributed by atoms with Crippen LogP contribution in [0.25, 0.3) is 0 Å². The number of alkyl halides is 3. The number of aliphatic hydroxyl groups is 1. The zero-order chi connectivity index (χ0) is 18.1. The average Bonchev–Trinajstić information content (AvgIpc) is 2.86. The van der Waals surface area contributed by atoms with E-state index in [2.05, 4.69) is 5.92 Å². The highest BCUT2D eigenvalue weighted by Crippen LogP contribution is 2.34. The third kappa shape index (κ3) is 3.63. The van der Waals surface area contributed by atoms with Crippen molar-refractivity contribution in [2.45, 2.75) is 25.1 Å². The average molecular weight is 340 g/mol. The van der Waals surface area contributed by atoms with Gasteiger partial charge in [-0.2, -0.15) is 13.2 Å². The second kappa shape index (κ2) is 6.45. The van der Waals surface area contributed by atoms with Gasteiger partial charge in [0, 0.05) is 22.8 Å². The van der Waals surface area contributed by atoms with Gasteiger partial charge in [-0.05, 0) is 25.0 Å². The Labute approximate surface area is 134 Å². The van der Waals surface area contributed by atoms with E-state index in [9.17, 15) is 22.7 Å². The van der Waals surface area contributed by atoms with Crippen molar-refractivity contribution in [3.63, 3.8) is 0 Å². The smallest absolute Gasteiger partial charge is 0.433 e. The monoisotopic (exact) mass is 340 g/mol. The van der Waals surface area contributed by atoms with Crippen LogP contribution >= 0.6 is 0 Å². The summed E-state index contributed by atoms with van der Waals surface area (Å²) in [6.45, 7) is 0. The van der Waals surface area contributed by atoms with E-state index in [4.69, 9.17) is 22.0 Å². The number of benzene rings is 1. The standard InChI is InChI=1S/C16H12F4N2O2/c1-2-8-5-9(17)7-10(6-8)24-15(22)11-3-4-12(23)13(11)14(21)16(18,19)20/h1,5-7,12,21-23H,3-4H2. The van der Waals surface area contributed by atoms with E-state index in [0.29, 0.717) is 0 Å². The molecule has 0 saturated carbocycles. The van der Waals surface area contributed by atoms with Crippen molar-refractivity contribution in [2.24, 2.45) is 0 Å². The molecular formula is C16H12F4N2O2. The topological polar surface area (TPSA) is 77.2 Å². The number of rotatable bonds is 3. The zero-order valence-corrected chi connectivity index (χ0v) is 12.2. The van der Waals surface area contributed by atoms with Crippen LogP contribution in [-0.4, -0.2) is 29.0 Å². The molecule has 2 rings (SSSR count). The van der Waals surface area contributed by atoms with Gasteiger partial charge in [-0.3, -0.25) is 10.8 Å². The lowest BCUT2D eigenvalue weighted by molar-refractivity contribution is -0.0598. The first kappa shape index (κ1) is 17.7. The van der Waals surface area contributed by atoms with Gasteiger partial charge in [0.2, 0.25) is 5.90 Å². The summed E-state index contributed by atoms with van der Waals surface area (Å²) in [6.07, 6.45) is -1.44. The molecule has 1 aromatic carbocycles. The molecule has 0 aromatic heterocycles. The maximum atomic E-state index is 13.4. The van der Waals surface area contributed by atoms with Crippen molar-refractivity contribution in [1.29, 1.82) is 10.8 Å². The summed E-state index contributed by atoms with van der Waals surface area (Å²) in [7, 11) is 0. The first-order chi connectivity index (χ1) is 11.1. The lowest BCUT2D eigenvalue weighted by Crippen LogP contribution is -2.29. The van der Waals surface area contributed by atoms with E-state index in [1.54, 1.807) is 0 Å². The maximum absolute atomic E-state index is 13.4. The molecule has 0 aliphatic heterocycles. The van der Waals surface area contributed by atoms with Gasteiger partial charge in [0.15, 0.2) is 0 Å². The summed E-state index contributed by atoms with van der Waals surface area (Å²) in [5.41, 5.74) is -2.52. The molecule has 0 saturated heterocycles. The van der Waals surface area contributed by atoms with E-state index in [1.807, 2.05) is 0 Å². The Hall–Kier alpha value is -2.66. The maximum Gasteiger partial charge on any atom is 0.433 e. The van der Waals surface area contributed by atoms with Crippen LogP contribution in [0.15, 0.2) is 29.3 Å². The summed E-state index contributed by atoms with van der Waals surface area (Å²) in [5.74, 6) is 0.611. The van der Waals surface area contributed by atoms with Crippen LogP contribution in [0, 0.1) is 29.0 Å². The van der Waals surface area contributed by atoms with Crippen molar-refractivity contribution in [3.05, 3.63) is 40.7 Å². The molecule has 0 radical (unpaired) electrons. The van der Waals surface area contributed by atoms with E-state index < -0.39 is 35.3 Å². The fraction of sp³-hybridized carbons (Fsp3) is 0.250. The lowest BCUT2D eigenvalue weighted by atomic mass is 10.0. The number of aliphatic hydroxyl groups excluding tert-OH is 1. The minimum Gasteiger partial charge on any atom is -0.439 e. The first-order valence-electron chi connectivity index (χ1n) is 6.74. The van der Waals surface area contributed by atoms with Gasteiger partial charge in [0.25, 0.3) is 0 Å².